The number of nitrogens with zero attached hydrogens (tertiary/aromatic N) is 2. The van der Waals surface area contributed by atoms with Gasteiger partial charge in [0, 0.05) is 24.9 Å². The molecule has 1 heterocycles. The van der Waals surface area contributed by atoms with E-state index in [-0.39, 0.29) is 5.91 Å². The van der Waals surface area contributed by atoms with E-state index in [1.807, 2.05) is 54.6 Å². The van der Waals surface area contributed by atoms with E-state index >= 15 is 0 Å². The zero-order valence-electron chi connectivity index (χ0n) is 14.6. The summed E-state index contributed by atoms with van der Waals surface area (Å²) >= 11 is 0. The fourth-order valence-electron chi connectivity index (χ4n) is 2.54. The lowest BCUT2D eigenvalue weighted by Crippen LogP contribution is -2.25. The van der Waals surface area contributed by atoms with Crippen LogP contribution in [-0.4, -0.2) is 29.8 Å². The first-order valence-electron chi connectivity index (χ1n) is 8.52. The molecule has 0 fully saturated rings. The summed E-state index contributed by atoms with van der Waals surface area (Å²) in [7, 11) is 1.64. The van der Waals surface area contributed by atoms with E-state index in [4.69, 9.17) is 9.15 Å². The summed E-state index contributed by atoms with van der Waals surface area (Å²) in [6, 6.07) is 17.4. The lowest BCUT2D eigenvalue weighted by Gasteiger charge is -2.06. The average molecular weight is 351 g/mol. The van der Waals surface area contributed by atoms with Crippen LogP contribution in [0.1, 0.15) is 17.9 Å². The van der Waals surface area contributed by atoms with E-state index in [1.54, 1.807) is 7.11 Å². The molecule has 1 aromatic heterocycles. The molecule has 6 nitrogen and oxygen atoms in total. The second-order valence-corrected chi connectivity index (χ2v) is 5.82. The second kappa shape index (κ2) is 8.80. The molecular weight excluding hydrogens is 330 g/mol. The Balaban J connectivity index is 1.42. The van der Waals surface area contributed by atoms with Crippen molar-refractivity contribution in [2.75, 3.05) is 13.7 Å². The Morgan fingerprint density at radius 3 is 2.73 bits per heavy atom. The second-order valence-electron chi connectivity index (χ2n) is 5.82. The molecular formula is C20H21N3O3. The quantitative estimate of drug-likeness (QED) is 0.675. The lowest BCUT2D eigenvalue weighted by molar-refractivity contribution is -0.121. The van der Waals surface area contributed by atoms with Crippen LogP contribution in [0.15, 0.2) is 59.0 Å². The number of aryl methyl sites for hydroxylation is 1. The maximum absolute atomic E-state index is 12.0. The first-order valence-corrected chi connectivity index (χ1v) is 8.52. The van der Waals surface area contributed by atoms with E-state index in [0.29, 0.717) is 31.2 Å². The third-order valence-electron chi connectivity index (χ3n) is 3.92. The van der Waals surface area contributed by atoms with Crippen molar-refractivity contribution < 1.29 is 13.9 Å². The number of carbonyl (C=O) groups is 1. The van der Waals surface area contributed by atoms with Crippen molar-refractivity contribution in [3.63, 3.8) is 0 Å². The van der Waals surface area contributed by atoms with Crippen LogP contribution in [0.2, 0.25) is 0 Å². The molecule has 0 aliphatic heterocycles. The van der Waals surface area contributed by atoms with Gasteiger partial charge in [0.1, 0.15) is 5.75 Å². The van der Waals surface area contributed by atoms with Crippen LogP contribution in [0.3, 0.4) is 0 Å². The smallest absolute Gasteiger partial charge is 0.247 e. The Hall–Kier alpha value is -3.15. The first kappa shape index (κ1) is 17.7. The van der Waals surface area contributed by atoms with E-state index in [0.717, 1.165) is 23.3 Å². The number of benzene rings is 2. The molecule has 0 unspecified atom stereocenters. The van der Waals surface area contributed by atoms with Crippen molar-refractivity contribution >= 4 is 5.91 Å². The third-order valence-corrected chi connectivity index (χ3v) is 3.92. The predicted molar refractivity (Wildman–Crippen MR) is 97.8 cm³/mol. The molecule has 0 saturated carbocycles. The highest BCUT2D eigenvalue weighted by atomic mass is 16.5. The van der Waals surface area contributed by atoms with Gasteiger partial charge >= 0.3 is 0 Å². The summed E-state index contributed by atoms with van der Waals surface area (Å²) in [6.07, 6.45) is 1.49. The summed E-state index contributed by atoms with van der Waals surface area (Å²) in [5.41, 5.74) is 1.99. The van der Waals surface area contributed by atoms with Gasteiger partial charge in [-0.1, -0.05) is 30.3 Å². The van der Waals surface area contributed by atoms with Gasteiger partial charge < -0.3 is 14.5 Å². The molecule has 0 radical (unpaired) electrons. The van der Waals surface area contributed by atoms with Crippen LogP contribution in [-0.2, 0) is 17.6 Å². The van der Waals surface area contributed by atoms with Gasteiger partial charge in [-0.25, -0.2) is 0 Å². The van der Waals surface area contributed by atoms with Crippen molar-refractivity contribution in [3.8, 4) is 17.2 Å². The molecule has 0 aliphatic carbocycles. The molecule has 0 atom stereocenters. The molecule has 0 aliphatic rings. The van der Waals surface area contributed by atoms with Crippen LogP contribution in [0.4, 0.5) is 0 Å². The SMILES string of the molecule is COc1cccc(CCNC(=O)CCc2nnc(-c3ccccc3)o2)c1. The summed E-state index contributed by atoms with van der Waals surface area (Å²) in [5, 5.41) is 10.9. The van der Waals surface area contributed by atoms with Crippen LogP contribution < -0.4 is 10.1 Å². The number of nitrogens with one attached hydrogen (secondary N) is 1. The van der Waals surface area contributed by atoms with E-state index in [9.17, 15) is 4.79 Å². The molecule has 3 aromatic rings. The molecule has 0 saturated heterocycles. The van der Waals surface area contributed by atoms with E-state index in [1.165, 1.54) is 0 Å². The topological polar surface area (TPSA) is 77.2 Å². The number of aromatic nitrogens is 2. The van der Waals surface area contributed by atoms with Gasteiger partial charge in [0.2, 0.25) is 17.7 Å². The van der Waals surface area contributed by atoms with Crippen LogP contribution in [0.5, 0.6) is 5.75 Å². The monoisotopic (exact) mass is 351 g/mol. The Morgan fingerprint density at radius 2 is 1.92 bits per heavy atom. The average Bonchev–Trinajstić information content (AvgIpc) is 3.16. The van der Waals surface area contributed by atoms with Gasteiger partial charge in [-0.15, -0.1) is 10.2 Å². The highest BCUT2D eigenvalue weighted by molar-refractivity contribution is 5.76. The van der Waals surface area contributed by atoms with Crippen molar-refractivity contribution in [2.24, 2.45) is 0 Å². The minimum Gasteiger partial charge on any atom is -0.497 e. The maximum Gasteiger partial charge on any atom is 0.247 e. The molecule has 134 valence electrons. The van der Waals surface area contributed by atoms with Crippen LogP contribution >= 0.6 is 0 Å². The fraction of sp³-hybridized carbons (Fsp3) is 0.250. The lowest BCUT2D eigenvalue weighted by atomic mass is 10.1. The number of hydrogen-bond donors (Lipinski definition) is 1. The number of amides is 1. The molecule has 2 aromatic carbocycles. The molecule has 1 N–H and O–H groups in total. The van der Waals surface area contributed by atoms with E-state index < -0.39 is 0 Å². The Morgan fingerprint density at radius 1 is 1.08 bits per heavy atom. The molecule has 1 amide bonds. The largest absolute Gasteiger partial charge is 0.497 e. The number of methoxy groups -OCH3 is 1. The van der Waals surface area contributed by atoms with Gasteiger partial charge in [-0.3, -0.25) is 4.79 Å². The van der Waals surface area contributed by atoms with Crippen molar-refractivity contribution in [2.45, 2.75) is 19.3 Å². The van der Waals surface area contributed by atoms with Crippen molar-refractivity contribution in [1.29, 1.82) is 0 Å². The summed E-state index contributed by atoms with van der Waals surface area (Å²) in [5.74, 6) is 1.72. The van der Waals surface area contributed by atoms with Gasteiger partial charge in [0.25, 0.3) is 0 Å². The van der Waals surface area contributed by atoms with E-state index in [2.05, 4.69) is 15.5 Å². The minimum absolute atomic E-state index is 0.0349. The third kappa shape index (κ3) is 4.92. The standard InChI is InChI=1S/C20H21N3O3/c1-25-17-9-5-6-15(14-17)12-13-21-18(24)10-11-19-22-23-20(26-19)16-7-3-2-4-8-16/h2-9,14H,10-13H2,1H3,(H,21,24). The number of hydrogen-bond acceptors (Lipinski definition) is 5. The van der Waals surface area contributed by atoms with Gasteiger partial charge in [0.15, 0.2) is 0 Å². The summed E-state index contributed by atoms with van der Waals surface area (Å²) in [6.45, 7) is 0.575. The number of carbonyl (C=O) groups excluding carboxylic acids is 1. The first-order chi connectivity index (χ1) is 12.7. The summed E-state index contributed by atoms with van der Waals surface area (Å²) in [4.78, 5) is 12.0. The molecule has 0 bridgehead atoms. The minimum atomic E-state index is -0.0349. The Kier molecular flexibility index (Phi) is 5.98. The van der Waals surface area contributed by atoms with Crippen LogP contribution in [0, 0.1) is 0 Å². The van der Waals surface area contributed by atoms with Crippen molar-refractivity contribution in [1.82, 2.24) is 15.5 Å². The van der Waals surface area contributed by atoms with Gasteiger partial charge in [-0.2, -0.15) is 0 Å². The Bertz CT molecular complexity index is 846. The zero-order chi connectivity index (χ0) is 18.2. The highest BCUT2D eigenvalue weighted by Gasteiger charge is 2.10. The normalized spacial score (nSPS) is 10.5. The Labute approximate surface area is 152 Å². The van der Waals surface area contributed by atoms with Crippen molar-refractivity contribution in [3.05, 3.63) is 66.1 Å². The maximum atomic E-state index is 12.0. The fourth-order valence-corrected chi connectivity index (χ4v) is 2.54. The molecule has 6 heteroatoms. The molecule has 0 spiro atoms. The predicted octanol–water partition coefficient (Wildman–Crippen LogP) is 3.04. The summed E-state index contributed by atoms with van der Waals surface area (Å²) < 4.78 is 10.8. The highest BCUT2D eigenvalue weighted by Crippen LogP contribution is 2.17. The van der Waals surface area contributed by atoms with Gasteiger partial charge in [-0.05, 0) is 36.2 Å². The zero-order valence-corrected chi connectivity index (χ0v) is 14.6. The molecule has 3 rings (SSSR count). The number of ether oxygens (including phenoxy) is 1. The molecule has 26 heavy (non-hydrogen) atoms. The van der Waals surface area contributed by atoms with Gasteiger partial charge in [0.05, 0.1) is 7.11 Å². The van der Waals surface area contributed by atoms with Crippen LogP contribution in [0.25, 0.3) is 11.5 Å². The number of rotatable bonds is 8.